The lowest BCUT2D eigenvalue weighted by atomic mass is 9.87. The molecular formula is C32H23NO2. The van der Waals surface area contributed by atoms with Crippen LogP contribution in [-0.4, -0.2) is 11.7 Å². The third kappa shape index (κ3) is 3.53. The SMILES string of the molecule is C=C1C(=O)C2=C(c3ccc(-c4ccccc4)cc3)NC(=O)C2=C1C1=CC=C(c2ccccc2)CC1. The normalized spacial score (nSPS) is 17.4. The molecule has 1 amide bonds. The molecule has 0 saturated carbocycles. The van der Waals surface area contributed by atoms with Gasteiger partial charge in [-0.25, -0.2) is 0 Å². The number of allylic oxidation sites excluding steroid dienone is 6. The van der Waals surface area contributed by atoms with Crippen molar-refractivity contribution in [2.75, 3.05) is 0 Å². The number of Topliss-reactive ketones (excluding diaryl/α,β-unsaturated/α-hetero) is 1. The summed E-state index contributed by atoms with van der Waals surface area (Å²) < 4.78 is 0. The number of ketones is 1. The van der Waals surface area contributed by atoms with E-state index in [4.69, 9.17) is 0 Å². The smallest absolute Gasteiger partial charge is 0.257 e. The lowest BCUT2D eigenvalue weighted by molar-refractivity contribution is -0.116. The zero-order valence-corrected chi connectivity index (χ0v) is 19.2. The first-order valence-electron chi connectivity index (χ1n) is 11.8. The van der Waals surface area contributed by atoms with Crippen LogP contribution in [-0.2, 0) is 9.59 Å². The van der Waals surface area contributed by atoms with Crippen LogP contribution in [0.3, 0.4) is 0 Å². The lowest BCUT2D eigenvalue weighted by Crippen LogP contribution is -2.17. The Morgan fingerprint density at radius 1 is 0.571 bits per heavy atom. The van der Waals surface area contributed by atoms with Crippen molar-refractivity contribution in [2.45, 2.75) is 12.8 Å². The molecule has 0 aromatic heterocycles. The van der Waals surface area contributed by atoms with Gasteiger partial charge in [-0.2, -0.15) is 0 Å². The van der Waals surface area contributed by atoms with E-state index >= 15 is 0 Å². The number of amides is 1. The van der Waals surface area contributed by atoms with Gasteiger partial charge in [0.15, 0.2) is 5.78 Å². The van der Waals surface area contributed by atoms with E-state index in [0.717, 1.165) is 35.1 Å². The minimum absolute atomic E-state index is 0.172. The van der Waals surface area contributed by atoms with E-state index in [1.54, 1.807) is 0 Å². The number of carbonyl (C=O) groups is 2. The monoisotopic (exact) mass is 453 g/mol. The second-order valence-electron chi connectivity index (χ2n) is 8.96. The molecule has 3 nitrogen and oxygen atoms in total. The summed E-state index contributed by atoms with van der Waals surface area (Å²) in [4.78, 5) is 26.4. The number of fused-ring (bicyclic) bond motifs is 1. The number of nitrogens with one attached hydrogen (secondary N) is 1. The summed E-state index contributed by atoms with van der Waals surface area (Å²) in [5.41, 5.74) is 9.03. The highest BCUT2D eigenvalue weighted by Gasteiger charge is 2.43. The quantitative estimate of drug-likeness (QED) is 0.463. The van der Waals surface area contributed by atoms with E-state index in [9.17, 15) is 9.59 Å². The molecule has 2 aliphatic carbocycles. The largest absolute Gasteiger partial charge is 0.321 e. The molecule has 0 unspecified atom stereocenters. The standard InChI is InChI=1S/C32H23NO2/c1-20-27(25-16-12-23(13-17-25)21-8-4-2-5-9-21)28-29(31(20)34)30(33-32(28)35)26-18-14-24(15-19-26)22-10-6-3-7-11-22/h2-12,14-16,18-19H,1,13,17H2,(H,33,35). The predicted molar refractivity (Wildman–Crippen MR) is 140 cm³/mol. The van der Waals surface area contributed by atoms with Crippen LogP contribution in [0.2, 0.25) is 0 Å². The van der Waals surface area contributed by atoms with Gasteiger partial charge in [0, 0.05) is 11.1 Å². The molecule has 0 spiro atoms. The maximum absolute atomic E-state index is 13.3. The maximum atomic E-state index is 13.3. The summed E-state index contributed by atoms with van der Waals surface area (Å²) in [5.74, 6) is -0.405. The van der Waals surface area contributed by atoms with Crippen LogP contribution >= 0.6 is 0 Å². The fourth-order valence-corrected chi connectivity index (χ4v) is 5.13. The Balaban J connectivity index is 1.39. The van der Waals surface area contributed by atoms with Gasteiger partial charge < -0.3 is 5.32 Å². The highest BCUT2D eigenvalue weighted by atomic mass is 16.2. The van der Waals surface area contributed by atoms with E-state index < -0.39 is 0 Å². The number of hydrogen-bond donors (Lipinski definition) is 1. The molecule has 3 heteroatoms. The van der Waals surface area contributed by atoms with Crippen molar-refractivity contribution in [1.29, 1.82) is 0 Å². The number of carbonyl (C=O) groups excluding carboxylic acids is 2. The van der Waals surface area contributed by atoms with Gasteiger partial charge in [0.05, 0.1) is 16.8 Å². The fourth-order valence-electron chi connectivity index (χ4n) is 5.13. The zero-order chi connectivity index (χ0) is 23.9. The number of rotatable bonds is 4. The Morgan fingerprint density at radius 3 is 1.74 bits per heavy atom. The van der Waals surface area contributed by atoms with E-state index in [1.165, 1.54) is 11.1 Å². The average molecular weight is 454 g/mol. The lowest BCUT2D eigenvalue weighted by Gasteiger charge is -2.17. The third-order valence-corrected chi connectivity index (χ3v) is 6.91. The van der Waals surface area contributed by atoms with Crippen LogP contribution in [0.4, 0.5) is 0 Å². The third-order valence-electron chi connectivity index (χ3n) is 6.91. The van der Waals surface area contributed by atoms with Crippen molar-refractivity contribution in [3.8, 4) is 11.1 Å². The van der Waals surface area contributed by atoms with Gasteiger partial charge in [-0.05, 0) is 46.2 Å². The van der Waals surface area contributed by atoms with Crippen LogP contribution in [0, 0.1) is 0 Å². The molecule has 1 N–H and O–H groups in total. The molecule has 0 radical (unpaired) electrons. The second-order valence-corrected chi connectivity index (χ2v) is 8.96. The highest BCUT2D eigenvalue weighted by Crippen LogP contribution is 2.45. The molecular weight excluding hydrogens is 430 g/mol. The molecule has 1 aliphatic heterocycles. The maximum Gasteiger partial charge on any atom is 0.257 e. The van der Waals surface area contributed by atoms with Crippen molar-refractivity contribution < 1.29 is 9.59 Å². The summed E-state index contributed by atoms with van der Waals surface area (Å²) in [6.07, 6.45) is 5.74. The summed E-state index contributed by atoms with van der Waals surface area (Å²) >= 11 is 0. The van der Waals surface area contributed by atoms with Crippen molar-refractivity contribution in [2.24, 2.45) is 0 Å². The first kappa shape index (κ1) is 21.1. The van der Waals surface area contributed by atoms with Crippen LogP contribution < -0.4 is 5.32 Å². The molecule has 0 fully saturated rings. The average Bonchev–Trinajstić information content (AvgIpc) is 3.39. The molecule has 3 aromatic carbocycles. The van der Waals surface area contributed by atoms with Gasteiger partial charge >= 0.3 is 0 Å². The van der Waals surface area contributed by atoms with Gasteiger partial charge in [-0.15, -0.1) is 0 Å². The van der Waals surface area contributed by atoms with Crippen LogP contribution in [0.15, 0.2) is 132 Å². The summed E-state index contributed by atoms with van der Waals surface area (Å²) in [6, 6.07) is 28.3. The van der Waals surface area contributed by atoms with Gasteiger partial charge in [0.1, 0.15) is 0 Å². The van der Waals surface area contributed by atoms with E-state index in [2.05, 4.69) is 42.2 Å². The molecule has 6 rings (SSSR count). The van der Waals surface area contributed by atoms with Gasteiger partial charge in [-0.1, -0.05) is 104 Å². The van der Waals surface area contributed by atoms with Crippen LogP contribution in [0.5, 0.6) is 0 Å². The van der Waals surface area contributed by atoms with Crippen molar-refractivity contribution in [3.63, 3.8) is 0 Å². The minimum atomic E-state index is -0.233. The Hall–Kier alpha value is -4.50. The van der Waals surface area contributed by atoms with Crippen molar-refractivity contribution >= 4 is 23.0 Å². The topological polar surface area (TPSA) is 46.2 Å². The molecule has 35 heavy (non-hydrogen) atoms. The van der Waals surface area contributed by atoms with Gasteiger partial charge in [0.2, 0.25) is 0 Å². The first-order chi connectivity index (χ1) is 17.1. The Bertz CT molecular complexity index is 1520. The number of hydrogen-bond acceptors (Lipinski definition) is 2. The summed E-state index contributed by atoms with van der Waals surface area (Å²) in [5, 5.41) is 2.96. The molecule has 0 saturated heterocycles. The highest BCUT2D eigenvalue weighted by molar-refractivity contribution is 6.33. The van der Waals surface area contributed by atoms with E-state index in [0.29, 0.717) is 28.0 Å². The Morgan fingerprint density at radius 2 is 1.11 bits per heavy atom. The first-order valence-corrected chi connectivity index (χ1v) is 11.8. The summed E-state index contributed by atoms with van der Waals surface area (Å²) in [7, 11) is 0. The fraction of sp³-hybridized carbons (Fsp3) is 0.0625. The zero-order valence-electron chi connectivity index (χ0n) is 19.2. The van der Waals surface area contributed by atoms with Crippen LogP contribution in [0.1, 0.15) is 24.0 Å². The molecule has 3 aliphatic rings. The van der Waals surface area contributed by atoms with Crippen molar-refractivity contribution in [3.05, 3.63) is 143 Å². The predicted octanol–water partition coefficient (Wildman–Crippen LogP) is 6.43. The molecule has 1 heterocycles. The second kappa shape index (κ2) is 8.37. The Labute approximate surface area is 204 Å². The van der Waals surface area contributed by atoms with Crippen LogP contribution in [0.25, 0.3) is 22.4 Å². The molecule has 0 atom stereocenters. The van der Waals surface area contributed by atoms with Gasteiger partial charge in [0.25, 0.3) is 5.91 Å². The molecule has 168 valence electrons. The summed E-state index contributed by atoms with van der Waals surface area (Å²) in [6.45, 7) is 4.08. The molecule has 3 aromatic rings. The van der Waals surface area contributed by atoms with Gasteiger partial charge in [-0.3, -0.25) is 9.59 Å². The van der Waals surface area contributed by atoms with Crippen molar-refractivity contribution in [1.82, 2.24) is 5.32 Å². The minimum Gasteiger partial charge on any atom is -0.321 e. The molecule has 0 bridgehead atoms. The van der Waals surface area contributed by atoms with E-state index in [-0.39, 0.29) is 11.7 Å². The van der Waals surface area contributed by atoms with E-state index in [1.807, 2.05) is 66.7 Å². The Kier molecular flexibility index (Phi) is 5.04. The number of benzene rings is 3.